The molecule has 4 rings (SSSR count). The Labute approximate surface area is 226 Å². The van der Waals surface area contributed by atoms with Gasteiger partial charge in [0.15, 0.2) is 5.69 Å². The van der Waals surface area contributed by atoms with Gasteiger partial charge < -0.3 is 9.64 Å². The van der Waals surface area contributed by atoms with Crippen LogP contribution in [0.2, 0.25) is 30.7 Å². The lowest BCUT2D eigenvalue weighted by Gasteiger charge is -2.40. The van der Waals surface area contributed by atoms with E-state index in [1.54, 1.807) is 36.4 Å². The van der Waals surface area contributed by atoms with Gasteiger partial charge in [-0.3, -0.25) is 0 Å². The Morgan fingerprint density at radius 3 is 2.51 bits per heavy atom. The van der Waals surface area contributed by atoms with Crippen LogP contribution in [-0.2, 0) is 21.2 Å². The molecule has 3 aromatic carbocycles. The molecule has 3 aromatic rings. The molecule has 0 amide bonds. The molecule has 0 fully saturated rings. The summed E-state index contributed by atoms with van der Waals surface area (Å²) in [7, 11) is -5.18. The number of hydrogen-bond acceptors (Lipinski definition) is 4. The van der Waals surface area contributed by atoms with Crippen LogP contribution in [-0.4, -0.2) is 46.7 Å². The number of sulfonamides is 1. The fraction of sp³-hybridized carbons (Fsp3) is 0.321. The van der Waals surface area contributed by atoms with Gasteiger partial charge in [0.05, 0.1) is 11.5 Å². The molecular formula is C28H32ClN3O3SSi. The summed E-state index contributed by atoms with van der Waals surface area (Å²) in [5, 5.41) is 0.599. The van der Waals surface area contributed by atoms with Crippen molar-refractivity contribution in [2.45, 2.75) is 43.0 Å². The van der Waals surface area contributed by atoms with E-state index in [1.807, 2.05) is 36.4 Å². The van der Waals surface area contributed by atoms with Gasteiger partial charge in [-0.25, -0.2) is 13.3 Å². The van der Waals surface area contributed by atoms with E-state index >= 15 is 0 Å². The highest BCUT2D eigenvalue weighted by Gasteiger charge is 2.37. The summed E-state index contributed by atoms with van der Waals surface area (Å²) in [6, 6.07) is 22.1. The van der Waals surface area contributed by atoms with E-state index in [4.69, 9.17) is 22.9 Å². The van der Waals surface area contributed by atoms with E-state index in [9.17, 15) is 8.42 Å². The smallest absolute Gasteiger partial charge is 0.245 e. The van der Waals surface area contributed by atoms with Gasteiger partial charge in [-0.05, 0) is 54.4 Å². The second-order valence-electron chi connectivity index (χ2n) is 10.4. The maximum absolute atomic E-state index is 13.9. The molecule has 0 radical (unpaired) electrons. The van der Waals surface area contributed by atoms with Crippen molar-refractivity contribution in [2.24, 2.45) is 0 Å². The Kier molecular flexibility index (Phi) is 8.41. The standard InChI is InChI=1S/C28H32ClN3O3SSi/c1-30-24-13-14-28-22(17-24)18-26(20-31(28)25-10-8-9-23(29)19-25)32(21-35-15-16-37(2,3)4)36(33,34)27-11-6-5-7-12-27/h5-14,17,19,26H,15-16,18,20-21H2,2-4H3. The van der Waals surface area contributed by atoms with Crippen LogP contribution in [0.3, 0.4) is 0 Å². The van der Waals surface area contributed by atoms with Gasteiger partial charge in [-0.1, -0.05) is 67.6 Å². The van der Waals surface area contributed by atoms with Gasteiger partial charge in [0, 0.05) is 43.7 Å². The first-order chi connectivity index (χ1) is 17.6. The number of benzene rings is 3. The molecule has 0 aliphatic carbocycles. The van der Waals surface area contributed by atoms with Crippen LogP contribution in [0, 0.1) is 6.57 Å². The first-order valence-corrected chi connectivity index (χ1v) is 17.8. The SMILES string of the molecule is [C-]#[N+]c1ccc2c(c1)CC(N(COCC[Si](C)(C)C)S(=O)(=O)c1ccccc1)CN2c1cccc(Cl)c1. The third-order valence-corrected chi connectivity index (χ3v) is 10.3. The molecule has 1 unspecified atom stereocenters. The molecule has 0 aromatic heterocycles. The minimum atomic E-state index is -3.84. The topological polar surface area (TPSA) is 54.2 Å². The van der Waals surface area contributed by atoms with Crippen molar-refractivity contribution in [3.63, 3.8) is 0 Å². The van der Waals surface area contributed by atoms with E-state index in [-0.39, 0.29) is 11.6 Å². The highest BCUT2D eigenvalue weighted by Crippen LogP contribution is 2.38. The highest BCUT2D eigenvalue weighted by molar-refractivity contribution is 7.89. The number of anilines is 2. The molecule has 1 aliphatic heterocycles. The minimum Gasteiger partial charge on any atom is -0.365 e. The third kappa shape index (κ3) is 6.61. The fourth-order valence-corrected chi connectivity index (χ4v) is 6.87. The number of halogens is 1. The molecule has 1 heterocycles. The Morgan fingerprint density at radius 1 is 1.08 bits per heavy atom. The zero-order valence-corrected chi connectivity index (χ0v) is 24.0. The summed E-state index contributed by atoms with van der Waals surface area (Å²) in [4.78, 5) is 5.92. The maximum Gasteiger partial charge on any atom is 0.245 e. The molecule has 1 aliphatic rings. The lowest BCUT2D eigenvalue weighted by Crippen LogP contribution is -2.50. The van der Waals surface area contributed by atoms with Crippen LogP contribution in [0.25, 0.3) is 4.85 Å². The summed E-state index contributed by atoms with van der Waals surface area (Å²) in [6.45, 7) is 15.2. The molecule has 0 saturated carbocycles. The summed E-state index contributed by atoms with van der Waals surface area (Å²) < 4.78 is 35.3. The normalized spacial score (nSPS) is 15.9. The van der Waals surface area contributed by atoms with E-state index < -0.39 is 24.1 Å². The van der Waals surface area contributed by atoms with Crippen LogP contribution in [0.15, 0.2) is 77.7 Å². The van der Waals surface area contributed by atoms with E-state index in [0.717, 1.165) is 23.0 Å². The predicted octanol–water partition coefficient (Wildman–Crippen LogP) is 6.96. The van der Waals surface area contributed by atoms with E-state index in [1.165, 1.54) is 4.31 Å². The molecule has 0 saturated heterocycles. The van der Waals surface area contributed by atoms with Gasteiger partial charge >= 0.3 is 0 Å². The van der Waals surface area contributed by atoms with Crippen molar-refractivity contribution in [1.82, 2.24) is 4.31 Å². The second kappa shape index (κ2) is 11.4. The van der Waals surface area contributed by atoms with Crippen LogP contribution in [0.5, 0.6) is 0 Å². The molecule has 194 valence electrons. The Balaban J connectivity index is 1.74. The lowest BCUT2D eigenvalue weighted by atomic mass is 9.96. The van der Waals surface area contributed by atoms with Crippen molar-refractivity contribution in [2.75, 3.05) is 24.8 Å². The third-order valence-electron chi connectivity index (χ3n) is 6.42. The quantitative estimate of drug-likeness (QED) is 0.124. The van der Waals surface area contributed by atoms with Crippen molar-refractivity contribution >= 4 is 46.8 Å². The summed E-state index contributed by atoms with van der Waals surface area (Å²) in [5.74, 6) is 0. The monoisotopic (exact) mass is 553 g/mol. The van der Waals surface area contributed by atoms with Crippen LogP contribution in [0.1, 0.15) is 5.56 Å². The van der Waals surface area contributed by atoms with Crippen molar-refractivity contribution in [1.29, 1.82) is 0 Å². The zero-order valence-electron chi connectivity index (χ0n) is 21.4. The summed E-state index contributed by atoms with van der Waals surface area (Å²) in [5.41, 5.74) is 3.25. The molecule has 0 bridgehead atoms. The lowest BCUT2D eigenvalue weighted by molar-refractivity contribution is 0.0619. The van der Waals surface area contributed by atoms with Gasteiger partial charge in [0.2, 0.25) is 10.0 Å². The second-order valence-corrected chi connectivity index (χ2v) is 18.4. The Bertz CT molecular complexity index is 1390. The number of nitrogens with zero attached hydrogens (tertiary/aromatic N) is 3. The largest absolute Gasteiger partial charge is 0.365 e. The number of hydrogen-bond donors (Lipinski definition) is 0. The van der Waals surface area contributed by atoms with E-state index in [2.05, 4.69) is 29.4 Å². The average Bonchev–Trinajstić information content (AvgIpc) is 2.87. The molecule has 0 N–H and O–H groups in total. The highest BCUT2D eigenvalue weighted by atomic mass is 35.5. The van der Waals surface area contributed by atoms with Crippen molar-refractivity contribution in [3.05, 3.63) is 94.8 Å². The van der Waals surface area contributed by atoms with Crippen LogP contribution >= 0.6 is 11.6 Å². The number of fused-ring (bicyclic) bond motifs is 1. The predicted molar refractivity (Wildman–Crippen MR) is 153 cm³/mol. The average molecular weight is 554 g/mol. The Hall–Kier alpha value is -2.67. The van der Waals surface area contributed by atoms with Gasteiger partial charge in [-0.2, -0.15) is 4.31 Å². The molecule has 6 nitrogen and oxygen atoms in total. The molecular weight excluding hydrogens is 522 g/mol. The number of ether oxygens (including phenoxy) is 1. The zero-order chi connectivity index (χ0) is 26.6. The summed E-state index contributed by atoms with van der Waals surface area (Å²) >= 11 is 6.32. The van der Waals surface area contributed by atoms with Crippen LogP contribution in [0.4, 0.5) is 17.1 Å². The van der Waals surface area contributed by atoms with Gasteiger partial charge in [0.25, 0.3) is 0 Å². The molecule has 37 heavy (non-hydrogen) atoms. The van der Waals surface area contributed by atoms with Gasteiger partial charge in [-0.15, -0.1) is 0 Å². The molecule has 9 heteroatoms. The Morgan fingerprint density at radius 2 is 1.84 bits per heavy atom. The van der Waals surface area contributed by atoms with Gasteiger partial charge in [0.1, 0.15) is 6.73 Å². The maximum atomic E-state index is 13.9. The van der Waals surface area contributed by atoms with Crippen LogP contribution < -0.4 is 4.90 Å². The summed E-state index contributed by atoms with van der Waals surface area (Å²) in [6.07, 6.45) is 0.471. The molecule has 1 atom stereocenters. The number of rotatable bonds is 9. The van der Waals surface area contributed by atoms with E-state index in [0.29, 0.717) is 30.3 Å². The fourth-order valence-electron chi connectivity index (χ4n) is 4.41. The van der Waals surface area contributed by atoms with Crippen molar-refractivity contribution < 1.29 is 13.2 Å². The minimum absolute atomic E-state index is 0.0341. The van der Waals surface area contributed by atoms with Crippen molar-refractivity contribution in [3.8, 4) is 0 Å². The first kappa shape index (κ1) is 27.4. The first-order valence-electron chi connectivity index (χ1n) is 12.3. The molecule has 0 spiro atoms.